The standard InChI is InChI=1S/C23H24N6O3S/c1-15(22-25-20(28-32-22)16-9-11-24-12-10-16)33-23-27-26-21(17-5-7-18(30-2)8-6-17)29(23)14-19-4-3-13-31-19/h5-12,15,19H,3-4,13-14H2,1-2H3/t15-,19-/m0/s1. The van der Waals surface area contributed by atoms with Crippen molar-refractivity contribution in [3.05, 3.63) is 54.7 Å². The largest absolute Gasteiger partial charge is 0.497 e. The van der Waals surface area contributed by atoms with Crippen LogP contribution in [0.3, 0.4) is 0 Å². The van der Waals surface area contributed by atoms with E-state index in [9.17, 15) is 0 Å². The SMILES string of the molecule is COc1ccc(-c2nnc(S[C@@H](C)c3nc(-c4ccncc4)no3)n2C[C@@H]2CCCO2)cc1. The highest BCUT2D eigenvalue weighted by Gasteiger charge is 2.25. The Kier molecular flexibility index (Phi) is 6.36. The molecule has 1 aromatic carbocycles. The van der Waals surface area contributed by atoms with Gasteiger partial charge < -0.3 is 14.0 Å². The third-order valence-electron chi connectivity index (χ3n) is 5.49. The van der Waals surface area contributed by atoms with Crippen LogP contribution in [-0.4, -0.2) is 49.7 Å². The molecule has 9 nitrogen and oxygen atoms in total. The molecule has 0 radical (unpaired) electrons. The van der Waals surface area contributed by atoms with Crippen LogP contribution in [0.1, 0.15) is 30.9 Å². The first-order valence-electron chi connectivity index (χ1n) is 10.8. The van der Waals surface area contributed by atoms with Crippen LogP contribution in [0.2, 0.25) is 0 Å². The van der Waals surface area contributed by atoms with Crippen molar-refractivity contribution in [1.29, 1.82) is 0 Å². The molecule has 1 aliphatic heterocycles. The van der Waals surface area contributed by atoms with Crippen molar-refractivity contribution in [2.75, 3.05) is 13.7 Å². The Morgan fingerprint density at radius 3 is 2.67 bits per heavy atom. The first-order chi connectivity index (χ1) is 16.2. The van der Waals surface area contributed by atoms with Crippen molar-refractivity contribution in [3.63, 3.8) is 0 Å². The molecule has 1 saturated heterocycles. The Hall–Kier alpha value is -3.24. The van der Waals surface area contributed by atoms with Gasteiger partial charge in [0.05, 0.1) is 25.0 Å². The van der Waals surface area contributed by atoms with Crippen LogP contribution in [-0.2, 0) is 11.3 Å². The number of thioether (sulfide) groups is 1. The van der Waals surface area contributed by atoms with E-state index in [2.05, 4.69) is 29.9 Å². The Bertz CT molecular complexity index is 1190. The van der Waals surface area contributed by atoms with Crippen LogP contribution in [0.4, 0.5) is 0 Å². The van der Waals surface area contributed by atoms with Crippen molar-refractivity contribution in [3.8, 4) is 28.5 Å². The van der Waals surface area contributed by atoms with Crippen LogP contribution in [0, 0.1) is 0 Å². The van der Waals surface area contributed by atoms with E-state index in [0.29, 0.717) is 18.3 Å². The zero-order valence-electron chi connectivity index (χ0n) is 18.4. The summed E-state index contributed by atoms with van der Waals surface area (Å²) in [7, 11) is 1.66. The predicted octanol–water partition coefficient (Wildman–Crippen LogP) is 4.43. The average Bonchev–Trinajstić information content (AvgIpc) is 3.62. The lowest BCUT2D eigenvalue weighted by atomic mass is 10.2. The van der Waals surface area contributed by atoms with Gasteiger partial charge in [-0.2, -0.15) is 4.98 Å². The molecule has 0 spiro atoms. The van der Waals surface area contributed by atoms with E-state index < -0.39 is 0 Å². The van der Waals surface area contributed by atoms with E-state index in [1.54, 1.807) is 19.5 Å². The minimum Gasteiger partial charge on any atom is -0.497 e. The van der Waals surface area contributed by atoms with Gasteiger partial charge in [0, 0.05) is 30.1 Å². The third-order valence-corrected chi connectivity index (χ3v) is 6.55. The van der Waals surface area contributed by atoms with Crippen molar-refractivity contribution >= 4 is 11.8 Å². The molecule has 0 aliphatic carbocycles. The number of methoxy groups -OCH3 is 1. The fraction of sp³-hybridized carbons (Fsp3) is 0.348. The molecule has 0 unspecified atom stereocenters. The van der Waals surface area contributed by atoms with Gasteiger partial charge >= 0.3 is 0 Å². The highest BCUT2D eigenvalue weighted by Crippen LogP contribution is 2.36. The third kappa shape index (κ3) is 4.76. The van der Waals surface area contributed by atoms with Gasteiger partial charge in [-0.1, -0.05) is 16.9 Å². The van der Waals surface area contributed by atoms with E-state index in [1.165, 1.54) is 11.8 Å². The van der Waals surface area contributed by atoms with E-state index in [1.807, 2.05) is 43.3 Å². The number of nitrogens with zero attached hydrogens (tertiary/aromatic N) is 6. The quantitative estimate of drug-likeness (QED) is 0.350. The second-order valence-electron chi connectivity index (χ2n) is 7.73. The van der Waals surface area contributed by atoms with Crippen LogP contribution in [0.25, 0.3) is 22.8 Å². The number of hydrogen-bond acceptors (Lipinski definition) is 9. The molecule has 0 amide bonds. The van der Waals surface area contributed by atoms with Crippen LogP contribution < -0.4 is 4.74 Å². The molecule has 1 aliphatic rings. The maximum absolute atomic E-state index is 5.90. The van der Waals surface area contributed by atoms with E-state index >= 15 is 0 Å². The summed E-state index contributed by atoms with van der Waals surface area (Å²) in [6.07, 6.45) is 5.66. The van der Waals surface area contributed by atoms with Crippen LogP contribution >= 0.6 is 11.8 Å². The summed E-state index contributed by atoms with van der Waals surface area (Å²) in [5.41, 5.74) is 1.83. The zero-order chi connectivity index (χ0) is 22.6. The summed E-state index contributed by atoms with van der Waals surface area (Å²) in [6, 6.07) is 11.5. The summed E-state index contributed by atoms with van der Waals surface area (Å²) < 4.78 is 18.9. The molecular weight excluding hydrogens is 440 g/mol. The molecule has 4 heterocycles. The molecule has 2 atom stereocenters. The van der Waals surface area contributed by atoms with Crippen molar-refractivity contribution in [2.24, 2.45) is 0 Å². The summed E-state index contributed by atoms with van der Waals surface area (Å²) in [5, 5.41) is 13.8. The molecule has 0 bridgehead atoms. The molecule has 1 fully saturated rings. The number of rotatable bonds is 8. The Morgan fingerprint density at radius 2 is 1.94 bits per heavy atom. The minimum absolute atomic E-state index is 0.107. The normalized spacial score (nSPS) is 16.7. The molecule has 3 aromatic heterocycles. The number of hydrogen-bond donors (Lipinski definition) is 0. The van der Waals surface area contributed by atoms with E-state index in [0.717, 1.165) is 47.3 Å². The lowest BCUT2D eigenvalue weighted by Crippen LogP contribution is -2.16. The van der Waals surface area contributed by atoms with Gasteiger partial charge in [0.25, 0.3) is 0 Å². The number of ether oxygens (including phenoxy) is 2. The van der Waals surface area contributed by atoms with Gasteiger partial charge in [-0.3, -0.25) is 9.55 Å². The lowest BCUT2D eigenvalue weighted by molar-refractivity contribution is 0.0953. The van der Waals surface area contributed by atoms with Crippen molar-refractivity contribution < 1.29 is 14.0 Å². The number of benzene rings is 1. The van der Waals surface area contributed by atoms with Gasteiger partial charge in [-0.25, -0.2) is 0 Å². The topological polar surface area (TPSA) is 101 Å². The molecule has 33 heavy (non-hydrogen) atoms. The maximum Gasteiger partial charge on any atom is 0.240 e. The van der Waals surface area contributed by atoms with E-state index in [4.69, 9.17) is 14.0 Å². The Labute approximate surface area is 195 Å². The molecule has 4 aromatic rings. The molecule has 10 heteroatoms. The molecule has 170 valence electrons. The second kappa shape index (κ2) is 9.72. The second-order valence-corrected chi connectivity index (χ2v) is 9.04. The monoisotopic (exact) mass is 464 g/mol. The summed E-state index contributed by atoms with van der Waals surface area (Å²) in [6.45, 7) is 3.51. The highest BCUT2D eigenvalue weighted by molar-refractivity contribution is 7.99. The molecule has 5 rings (SSSR count). The first kappa shape index (κ1) is 21.6. The molecular formula is C23H24N6O3S. The molecule has 0 N–H and O–H groups in total. The Morgan fingerprint density at radius 1 is 1.12 bits per heavy atom. The lowest BCUT2D eigenvalue weighted by Gasteiger charge is -2.15. The van der Waals surface area contributed by atoms with Crippen molar-refractivity contribution in [1.82, 2.24) is 29.9 Å². The van der Waals surface area contributed by atoms with Gasteiger partial charge in [-0.15, -0.1) is 10.2 Å². The minimum atomic E-state index is -0.107. The summed E-state index contributed by atoms with van der Waals surface area (Å²) in [4.78, 5) is 8.60. The smallest absolute Gasteiger partial charge is 0.240 e. The van der Waals surface area contributed by atoms with Crippen molar-refractivity contribution in [2.45, 2.75) is 42.8 Å². The van der Waals surface area contributed by atoms with E-state index in [-0.39, 0.29) is 11.4 Å². The fourth-order valence-electron chi connectivity index (χ4n) is 3.71. The predicted molar refractivity (Wildman–Crippen MR) is 123 cm³/mol. The van der Waals surface area contributed by atoms with Gasteiger partial charge in [0.1, 0.15) is 5.75 Å². The van der Waals surface area contributed by atoms with Crippen LogP contribution in [0.5, 0.6) is 5.75 Å². The number of pyridine rings is 1. The molecule has 0 saturated carbocycles. The van der Waals surface area contributed by atoms with Gasteiger partial charge in [-0.05, 0) is 56.2 Å². The summed E-state index contributed by atoms with van der Waals surface area (Å²) >= 11 is 1.54. The average molecular weight is 465 g/mol. The fourth-order valence-corrected chi connectivity index (χ4v) is 4.60. The maximum atomic E-state index is 5.90. The Balaban J connectivity index is 1.41. The zero-order valence-corrected chi connectivity index (χ0v) is 19.2. The van der Waals surface area contributed by atoms with Gasteiger partial charge in [0.2, 0.25) is 11.7 Å². The number of aromatic nitrogens is 6. The first-order valence-corrected chi connectivity index (χ1v) is 11.7. The summed E-state index contributed by atoms with van der Waals surface area (Å²) in [5.74, 6) is 2.67. The van der Waals surface area contributed by atoms with Crippen LogP contribution in [0.15, 0.2) is 58.5 Å². The highest BCUT2D eigenvalue weighted by atomic mass is 32.2. The van der Waals surface area contributed by atoms with Gasteiger partial charge in [0.15, 0.2) is 11.0 Å².